The topological polar surface area (TPSA) is 86.6 Å². The molecule has 0 heterocycles. The number of rotatable bonds is 4. The van der Waals surface area contributed by atoms with Crippen LogP contribution < -0.4 is 5.32 Å². The fraction of sp³-hybridized carbons (Fsp3) is 0.500. The van der Waals surface area contributed by atoms with Gasteiger partial charge in [0.25, 0.3) is 0 Å². The van der Waals surface area contributed by atoms with Gasteiger partial charge in [0, 0.05) is 6.04 Å². The molecule has 12 heavy (non-hydrogen) atoms. The number of nitrogens with one attached hydrogen (secondary N) is 1. The minimum Gasteiger partial charge on any atom is -0.349 e. The van der Waals surface area contributed by atoms with Gasteiger partial charge in [0.2, 0.25) is 5.91 Å². The fourth-order valence-electron chi connectivity index (χ4n) is 0.704. The van der Waals surface area contributed by atoms with E-state index in [4.69, 9.17) is 9.79 Å². The lowest BCUT2D eigenvalue weighted by Crippen LogP contribution is -2.33. The zero-order valence-electron chi connectivity index (χ0n) is 6.73. The lowest BCUT2D eigenvalue weighted by Gasteiger charge is -2.12. The molecule has 0 rings (SSSR count). The van der Waals surface area contributed by atoms with Gasteiger partial charge in [-0.3, -0.25) is 9.36 Å². The molecule has 0 aliphatic carbocycles. The quantitative estimate of drug-likeness (QED) is 0.428. The second-order valence-corrected chi connectivity index (χ2v) is 4.16. The van der Waals surface area contributed by atoms with Crippen molar-refractivity contribution in [3.63, 3.8) is 0 Å². The molecule has 0 fully saturated rings. The molecule has 3 N–H and O–H groups in total. The molecule has 0 radical (unpaired) electrons. The zero-order valence-corrected chi connectivity index (χ0v) is 7.62. The van der Waals surface area contributed by atoms with Crippen LogP contribution in [0.4, 0.5) is 0 Å². The zero-order chi connectivity index (χ0) is 9.78. The Morgan fingerprint density at radius 3 is 2.58 bits per heavy atom. The second kappa shape index (κ2) is 4.40. The van der Waals surface area contributed by atoms with Gasteiger partial charge >= 0.3 is 7.60 Å². The molecule has 1 amide bonds. The Morgan fingerprint density at radius 2 is 2.25 bits per heavy atom. The first kappa shape index (κ1) is 11.4. The molecule has 5 nitrogen and oxygen atoms in total. The molecule has 0 aliphatic rings. The lowest BCUT2D eigenvalue weighted by molar-refractivity contribution is -0.116. The van der Waals surface area contributed by atoms with Crippen molar-refractivity contribution < 1.29 is 19.1 Å². The van der Waals surface area contributed by atoms with Gasteiger partial charge in [0.1, 0.15) is 0 Å². The van der Waals surface area contributed by atoms with Crippen LogP contribution >= 0.6 is 7.60 Å². The maximum atomic E-state index is 10.6. The summed E-state index contributed by atoms with van der Waals surface area (Å²) in [6, 6.07) is -0.545. The highest BCUT2D eigenvalue weighted by Gasteiger charge is 2.18. The molecule has 0 saturated heterocycles. The molecular formula is C6H12NO4P. The van der Waals surface area contributed by atoms with E-state index >= 15 is 0 Å². The number of carbonyl (C=O) groups is 1. The minimum atomic E-state index is -4.04. The van der Waals surface area contributed by atoms with Crippen LogP contribution in [0.3, 0.4) is 0 Å². The standard InChI is InChI=1S/C6H12NO4P/c1-3-6(8)7-5(2)4-12(9,10)11/h3,5H,1,4H2,2H3,(H,7,8)(H2,9,10,11). The van der Waals surface area contributed by atoms with Gasteiger partial charge in [0.15, 0.2) is 0 Å². The molecule has 0 aromatic heterocycles. The van der Waals surface area contributed by atoms with Gasteiger partial charge in [0.05, 0.1) is 6.16 Å². The van der Waals surface area contributed by atoms with Gasteiger partial charge < -0.3 is 15.1 Å². The number of amides is 1. The minimum absolute atomic E-state index is 0.355. The largest absolute Gasteiger partial charge is 0.349 e. The first-order chi connectivity index (χ1) is 5.35. The third kappa shape index (κ3) is 6.09. The Bertz CT molecular complexity index is 222. The molecule has 0 aromatic rings. The summed E-state index contributed by atoms with van der Waals surface area (Å²) >= 11 is 0. The first-order valence-electron chi connectivity index (χ1n) is 3.32. The Labute approximate surface area is 70.6 Å². The van der Waals surface area contributed by atoms with E-state index in [0.717, 1.165) is 6.08 Å². The molecule has 0 spiro atoms. The van der Waals surface area contributed by atoms with Crippen molar-refractivity contribution >= 4 is 13.5 Å². The van der Waals surface area contributed by atoms with Gasteiger partial charge in [-0.25, -0.2) is 0 Å². The molecule has 0 aliphatic heterocycles. The molecule has 1 unspecified atom stereocenters. The van der Waals surface area contributed by atoms with Crippen LogP contribution in [0.5, 0.6) is 0 Å². The van der Waals surface area contributed by atoms with E-state index in [0.29, 0.717) is 0 Å². The Kier molecular flexibility index (Phi) is 4.17. The highest BCUT2D eigenvalue weighted by Crippen LogP contribution is 2.34. The van der Waals surface area contributed by atoms with Crippen LogP contribution in [0.2, 0.25) is 0 Å². The Balaban J connectivity index is 3.90. The van der Waals surface area contributed by atoms with Crippen molar-refractivity contribution in [3.05, 3.63) is 12.7 Å². The predicted molar refractivity (Wildman–Crippen MR) is 44.7 cm³/mol. The average molecular weight is 193 g/mol. The molecule has 0 aromatic carbocycles. The summed E-state index contributed by atoms with van der Waals surface area (Å²) in [6.07, 6.45) is 0.697. The lowest BCUT2D eigenvalue weighted by atomic mass is 10.4. The van der Waals surface area contributed by atoms with Crippen molar-refractivity contribution in [2.45, 2.75) is 13.0 Å². The predicted octanol–water partition coefficient (Wildman–Crippen LogP) is -0.145. The molecule has 0 bridgehead atoms. The third-order valence-corrected chi connectivity index (χ3v) is 2.11. The van der Waals surface area contributed by atoms with E-state index in [1.54, 1.807) is 0 Å². The Hall–Kier alpha value is -0.640. The maximum Gasteiger partial charge on any atom is 0.327 e. The molecule has 0 saturated carbocycles. The third-order valence-electron chi connectivity index (χ3n) is 1.09. The van der Waals surface area contributed by atoms with Crippen LogP contribution in [-0.4, -0.2) is 27.9 Å². The molecular weight excluding hydrogens is 181 g/mol. The fourth-order valence-corrected chi connectivity index (χ4v) is 1.51. The average Bonchev–Trinajstić information content (AvgIpc) is 1.82. The smallest absolute Gasteiger partial charge is 0.327 e. The van der Waals surface area contributed by atoms with Crippen molar-refractivity contribution in [3.8, 4) is 0 Å². The van der Waals surface area contributed by atoms with E-state index in [9.17, 15) is 9.36 Å². The van der Waals surface area contributed by atoms with E-state index in [-0.39, 0.29) is 6.16 Å². The second-order valence-electron chi connectivity index (χ2n) is 2.46. The highest BCUT2D eigenvalue weighted by atomic mass is 31.2. The van der Waals surface area contributed by atoms with Gasteiger partial charge in [-0.1, -0.05) is 6.58 Å². The van der Waals surface area contributed by atoms with Crippen molar-refractivity contribution in [2.75, 3.05) is 6.16 Å². The number of hydrogen-bond acceptors (Lipinski definition) is 2. The maximum absolute atomic E-state index is 10.6. The summed E-state index contributed by atoms with van der Waals surface area (Å²) < 4.78 is 10.4. The monoisotopic (exact) mass is 193 g/mol. The highest BCUT2D eigenvalue weighted by molar-refractivity contribution is 7.51. The van der Waals surface area contributed by atoms with Crippen molar-refractivity contribution in [1.29, 1.82) is 0 Å². The van der Waals surface area contributed by atoms with E-state index in [2.05, 4.69) is 11.9 Å². The summed E-state index contributed by atoms with van der Waals surface area (Å²) in [4.78, 5) is 27.6. The van der Waals surface area contributed by atoms with Gasteiger partial charge in [-0.15, -0.1) is 0 Å². The number of carbonyl (C=O) groups excluding carboxylic acids is 1. The van der Waals surface area contributed by atoms with Gasteiger partial charge in [-0.2, -0.15) is 0 Å². The summed E-state index contributed by atoms with van der Waals surface area (Å²) in [5.41, 5.74) is 0. The summed E-state index contributed by atoms with van der Waals surface area (Å²) in [5.74, 6) is -0.434. The Morgan fingerprint density at radius 1 is 1.75 bits per heavy atom. The normalized spacial score (nSPS) is 13.6. The van der Waals surface area contributed by atoms with Crippen molar-refractivity contribution in [2.24, 2.45) is 0 Å². The molecule has 1 atom stereocenters. The van der Waals surface area contributed by atoms with Crippen LogP contribution in [-0.2, 0) is 9.36 Å². The SMILES string of the molecule is C=CC(=O)NC(C)CP(=O)(O)O. The van der Waals surface area contributed by atoms with Crippen LogP contribution in [0.15, 0.2) is 12.7 Å². The number of hydrogen-bond donors (Lipinski definition) is 3. The molecule has 6 heteroatoms. The van der Waals surface area contributed by atoms with E-state index in [1.165, 1.54) is 6.92 Å². The summed E-state index contributed by atoms with van der Waals surface area (Å²) in [6.45, 7) is 4.72. The van der Waals surface area contributed by atoms with Crippen LogP contribution in [0, 0.1) is 0 Å². The van der Waals surface area contributed by atoms with E-state index < -0.39 is 19.5 Å². The van der Waals surface area contributed by atoms with Crippen LogP contribution in [0.1, 0.15) is 6.92 Å². The van der Waals surface area contributed by atoms with Gasteiger partial charge in [-0.05, 0) is 13.0 Å². The van der Waals surface area contributed by atoms with Crippen LogP contribution in [0.25, 0.3) is 0 Å². The summed E-state index contributed by atoms with van der Waals surface area (Å²) in [7, 11) is -4.04. The van der Waals surface area contributed by atoms with Crippen molar-refractivity contribution in [1.82, 2.24) is 5.32 Å². The first-order valence-corrected chi connectivity index (χ1v) is 5.12. The molecule has 70 valence electrons. The summed E-state index contributed by atoms with van der Waals surface area (Å²) in [5, 5.41) is 2.34. The van der Waals surface area contributed by atoms with E-state index in [1.807, 2.05) is 0 Å².